The van der Waals surface area contributed by atoms with E-state index in [9.17, 15) is 0 Å². The lowest BCUT2D eigenvalue weighted by Gasteiger charge is -2.32. The van der Waals surface area contributed by atoms with E-state index in [0.29, 0.717) is 5.02 Å². The van der Waals surface area contributed by atoms with Crippen LogP contribution in [-0.4, -0.2) is 26.2 Å². The van der Waals surface area contributed by atoms with Crippen LogP contribution in [-0.2, 0) is 0 Å². The van der Waals surface area contributed by atoms with E-state index in [1.165, 1.54) is 11.4 Å². The van der Waals surface area contributed by atoms with Crippen LogP contribution in [0.2, 0.25) is 5.02 Å². The summed E-state index contributed by atoms with van der Waals surface area (Å²) < 4.78 is 6.51. The predicted molar refractivity (Wildman–Crippen MR) is 137 cm³/mol. The molecule has 0 atom stereocenters. The van der Waals surface area contributed by atoms with Crippen LogP contribution < -0.4 is 19.9 Å². The van der Waals surface area contributed by atoms with Gasteiger partial charge in [0.25, 0.3) is 0 Å². The average molecular weight is 450 g/mol. The number of ether oxygens (including phenoxy) is 1. The summed E-state index contributed by atoms with van der Waals surface area (Å²) in [6.45, 7) is 12.5. The fourth-order valence-corrected chi connectivity index (χ4v) is 4.64. The molecule has 0 amide bonds. The van der Waals surface area contributed by atoms with Gasteiger partial charge in [-0.15, -0.1) is 0 Å². The molecule has 0 unspecified atom stereocenters. The van der Waals surface area contributed by atoms with Crippen LogP contribution in [0.3, 0.4) is 0 Å². The smallest absolute Gasteiger partial charge is 0.135 e. The van der Waals surface area contributed by atoms with Crippen molar-refractivity contribution in [2.24, 2.45) is 0 Å². The number of hydrogen-bond donors (Lipinski definition) is 1. The third kappa shape index (κ3) is 4.24. The summed E-state index contributed by atoms with van der Waals surface area (Å²) >= 11 is 6.50. The van der Waals surface area contributed by atoms with Gasteiger partial charge in [-0.25, -0.2) is 0 Å². The number of nitrogens with one attached hydrogen (secondary N) is 1. The molecule has 0 fully saturated rings. The van der Waals surface area contributed by atoms with Gasteiger partial charge in [0.2, 0.25) is 0 Å². The van der Waals surface area contributed by atoms with Crippen LogP contribution in [0.25, 0.3) is 0 Å². The van der Waals surface area contributed by atoms with Crippen molar-refractivity contribution in [1.29, 1.82) is 0 Å². The van der Waals surface area contributed by atoms with Crippen LogP contribution in [0.1, 0.15) is 44.9 Å². The molecule has 1 N–H and O–H groups in total. The van der Waals surface area contributed by atoms with E-state index in [-0.39, 0.29) is 6.04 Å². The van der Waals surface area contributed by atoms with Crippen LogP contribution in [0, 0.1) is 0 Å². The number of hydrogen-bond acceptors (Lipinski definition) is 4. The molecule has 0 saturated heterocycles. The Morgan fingerprint density at radius 2 is 1.25 bits per heavy atom. The van der Waals surface area contributed by atoms with Gasteiger partial charge >= 0.3 is 0 Å². The highest BCUT2D eigenvalue weighted by atomic mass is 35.5. The standard InChI is InChI=1S/C27H32ClN3O/c1-5-30(6-2)19-13-15-21-25(17-19)32-26-18-20(31(7-3)8-4)14-16-22(26)27(21)29-24-12-10-9-11-23(24)28/h9-18,27,29H,5-8H2,1-4H3. The fraction of sp³-hybridized carbons (Fsp3) is 0.333. The molecule has 4 nitrogen and oxygen atoms in total. The lowest BCUT2D eigenvalue weighted by molar-refractivity contribution is 0.451. The highest BCUT2D eigenvalue weighted by Gasteiger charge is 2.29. The van der Waals surface area contributed by atoms with E-state index in [1.807, 2.05) is 24.3 Å². The van der Waals surface area contributed by atoms with Gasteiger partial charge in [-0.3, -0.25) is 0 Å². The Labute approximate surface area is 196 Å². The lowest BCUT2D eigenvalue weighted by atomic mass is 9.93. The monoisotopic (exact) mass is 449 g/mol. The van der Waals surface area contributed by atoms with Crippen molar-refractivity contribution < 1.29 is 4.74 Å². The van der Waals surface area contributed by atoms with Crippen LogP contribution in [0.4, 0.5) is 17.1 Å². The summed E-state index contributed by atoms with van der Waals surface area (Å²) in [5, 5.41) is 4.39. The predicted octanol–water partition coefficient (Wildman–Crippen LogP) is 7.34. The normalized spacial score (nSPS) is 12.5. The zero-order valence-corrected chi connectivity index (χ0v) is 20.1. The molecule has 0 saturated carbocycles. The molecule has 0 bridgehead atoms. The summed E-state index contributed by atoms with van der Waals surface area (Å²) in [6, 6.07) is 20.9. The van der Waals surface area contributed by atoms with Crippen molar-refractivity contribution in [2.45, 2.75) is 33.7 Å². The summed E-state index contributed by atoms with van der Waals surface area (Å²) in [5.74, 6) is 1.78. The number of nitrogens with zero attached hydrogens (tertiary/aromatic N) is 2. The summed E-state index contributed by atoms with van der Waals surface area (Å²) in [7, 11) is 0. The lowest BCUT2D eigenvalue weighted by Crippen LogP contribution is -2.24. The first-order chi connectivity index (χ1) is 15.6. The molecule has 1 aliphatic heterocycles. The minimum absolute atomic E-state index is 0.0508. The Hall–Kier alpha value is -2.85. The molecule has 32 heavy (non-hydrogen) atoms. The summed E-state index contributed by atoms with van der Waals surface area (Å²) in [6.07, 6.45) is 0. The van der Waals surface area contributed by atoms with Crippen molar-refractivity contribution in [3.05, 3.63) is 76.8 Å². The van der Waals surface area contributed by atoms with Gasteiger partial charge in [-0.05, 0) is 52.0 Å². The Kier molecular flexibility index (Phi) is 6.80. The van der Waals surface area contributed by atoms with Gasteiger partial charge in [0.15, 0.2) is 0 Å². The molecular weight excluding hydrogens is 418 g/mol. The van der Waals surface area contributed by atoms with Gasteiger partial charge in [0, 0.05) is 60.8 Å². The Morgan fingerprint density at radius 3 is 1.72 bits per heavy atom. The molecule has 0 radical (unpaired) electrons. The molecule has 0 spiro atoms. The molecule has 3 aromatic carbocycles. The molecule has 3 aromatic rings. The molecule has 0 aromatic heterocycles. The van der Waals surface area contributed by atoms with Gasteiger partial charge in [-0.1, -0.05) is 35.9 Å². The van der Waals surface area contributed by atoms with Crippen LogP contribution >= 0.6 is 11.6 Å². The Bertz CT molecular complexity index is 1010. The molecule has 168 valence electrons. The van der Waals surface area contributed by atoms with Crippen molar-refractivity contribution in [3.63, 3.8) is 0 Å². The molecule has 1 heterocycles. The van der Waals surface area contributed by atoms with Crippen molar-refractivity contribution in [1.82, 2.24) is 0 Å². The van der Waals surface area contributed by atoms with E-state index in [1.54, 1.807) is 0 Å². The van der Waals surface area contributed by atoms with Crippen molar-refractivity contribution >= 4 is 28.7 Å². The maximum Gasteiger partial charge on any atom is 0.135 e. The third-order valence-corrected chi connectivity index (χ3v) is 6.60. The zero-order valence-electron chi connectivity index (χ0n) is 19.4. The van der Waals surface area contributed by atoms with E-state index in [0.717, 1.165) is 54.5 Å². The first-order valence-electron chi connectivity index (χ1n) is 11.6. The highest BCUT2D eigenvalue weighted by Crippen LogP contribution is 2.47. The zero-order chi connectivity index (χ0) is 22.7. The Morgan fingerprint density at radius 1 is 0.750 bits per heavy atom. The largest absolute Gasteiger partial charge is 0.456 e. The topological polar surface area (TPSA) is 27.7 Å². The SMILES string of the molecule is CCN(CC)c1ccc2c(c1)Oc1cc(N(CC)CC)ccc1C2Nc1ccccc1Cl. The fourth-order valence-electron chi connectivity index (χ4n) is 4.45. The average Bonchev–Trinajstić information content (AvgIpc) is 2.81. The number of rotatable bonds is 8. The van der Waals surface area contributed by atoms with Crippen molar-refractivity contribution in [2.75, 3.05) is 41.3 Å². The van der Waals surface area contributed by atoms with E-state index in [4.69, 9.17) is 16.3 Å². The van der Waals surface area contributed by atoms with Gasteiger partial charge in [-0.2, -0.15) is 0 Å². The first kappa shape index (κ1) is 22.3. The second kappa shape index (κ2) is 9.74. The third-order valence-electron chi connectivity index (χ3n) is 6.27. The second-order valence-corrected chi connectivity index (χ2v) is 8.36. The van der Waals surface area contributed by atoms with E-state index >= 15 is 0 Å². The van der Waals surface area contributed by atoms with Crippen LogP contribution in [0.5, 0.6) is 11.5 Å². The van der Waals surface area contributed by atoms with Gasteiger partial charge < -0.3 is 19.9 Å². The number of halogens is 1. The first-order valence-corrected chi connectivity index (χ1v) is 11.9. The number of benzene rings is 3. The van der Waals surface area contributed by atoms with E-state index in [2.05, 4.69) is 79.2 Å². The van der Waals surface area contributed by atoms with Gasteiger partial charge in [0.05, 0.1) is 16.8 Å². The molecule has 5 heteroatoms. The molecular formula is C27H32ClN3O. The van der Waals surface area contributed by atoms with E-state index < -0.39 is 0 Å². The summed E-state index contributed by atoms with van der Waals surface area (Å²) in [4.78, 5) is 4.67. The molecule has 4 rings (SSSR count). The summed E-state index contributed by atoms with van der Waals surface area (Å²) in [5.41, 5.74) is 5.49. The number of para-hydroxylation sites is 1. The van der Waals surface area contributed by atoms with Gasteiger partial charge in [0.1, 0.15) is 11.5 Å². The quantitative estimate of drug-likeness (QED) is 0.389. The number of anilines is 3. The maximum atomic E-state index is 6.51. The highest BCUT2D eigenvalue weighted by molar-refractivity contribution is 6.33. The minimum atomic E-state index is -0.0508. The minimum Gasteiger partial charge on any atom is -0.456 e. The second-order valence-electron chi connectivity index (χ2n) is 7.95. The Balaban J connectivity index is 1.81. The number of fused-ring (bicyclic) bond motifs is 2. The molecule has 0 aliphatic carbocycles. The maximum absolute atomic E-state index is 6.51. The molecule has 1 aliphatic rings. The van der Waals surface area contributed by atoms with Crippen LogP contribution in [0.15, 0.2) is 60.7 Å². The van der Waals surface area contributed by atoms with Crippen molar-refractivity contribution in [3.8, 4) is 11.5 Å².